The Labute approximate surface area is 92.7 Å². The summed E-state index contributed by atoms with van der Waals surface area (Å²) in [7, 11) is 0. The Hall–Kier alpha value is -1.89. The Kier molecular flexibility index (Phi) is 2.62. The Morgan fingerprint density at radius 2 is 2.06 bits per heavy atom. The van der Waals surface area contributed by atoms with Crippen LogP contribution >= 0.6 is 0 Å². The molecule has 1 aromatic heterocycles. The van der Waals surface area contributed by atoms with Crippen molar-refractivity contribution in [2.45, 2.75) is 12.8 Å². The third kappa shape index (κ3) is 2.14. The molecule has 2 N–H and O–H groups in total. The lowest BCUT2D eigenvalue weighted by molar-refractivity contribution is -0.142. The first-order valence-corrected chi connectivity index (χ1v) is 4.63. The smallest absolute Gasteiger partial charge is 0.392 e. The van der Waals surface area contributed by atoms with Crippen molar-refractivity contribution in [1.29, 1.82) is 0 Å². The molecule has 0 bridgehead atoms. The van der Waals surface area contributed by atoms with Gasteiger partial charge in [0.15, 0.2) is 0 Å². The van der Waals surface area contributed by atoms with Crippen molar-refractivity contribution in [2.24, 2.45) is 0 Å². The molecule has 0 spiro atoms. The fraction of sp³-hybridized carbons (Fsp3) is 0.200. The third-order valence-electron chi connectivity index (χ3n) is 2.21. The van der Waals surface area contributed by atoms with Crippen LogP contribution in [-0.2, 0) is 12.8 Å². The normalized spacial score (nSPS) is 12.0. The molecule has 1 heterocycles. The molecule has 0 saturated heterocycles. The van der Waals surface area contributed by atoms with Crippen molar-refractivity contribution in [1.82, 2.24) is 9.97 Å². The first-order chi connectivity index (χ1) is 7.91. The maximum Gasteiger partial charge on any atom is 0.438 e. The van der Waals surface area contributed by atoms with Gasteiger partial charge in [-0.3, -0.25) is 4.79 Å². The van der Waals surface area contributed by atoms with Gasteiger partial charge in [-0.1, -0.05) is 6.07 Å². The topological polar surface area (TPSA) is 66.0 Å². The number of fused-ring (bicyclic) bond motifs is 1. The van der Waals surface area contributed by atoms with Gasteiger partial charge in [0.2, 0.25) is 5.69 Å². The number of aliphatic hydroxyl groups excluding tert-OH is 1. The highest BCUT2D eigenvalue weighted by Crippen LogP contribution is 2.25. The summed E-state index contributed by atoms with van der Waals surface area (Å²) in [5.41, 5.74) is -2.10. The lowest BCUT2D eigenvalue weighted by Crippen LogP contribution is -2.23. The quantitative estimate of drug-likeness (QED) is 0.797. The van der Waals surface area contributed by atoms with Gasteiger partial charge >= 0.3 is 6.18 Å². The number of nitrogens with zero attached hydrogens (tertiary/aromatic N) is 1. The number of hydrogen-bond donors (Lipinski definition) is 2. The number of hydrogen-bond acceptors (Lipinski definition) is 3. The maximum absolute atomic E-state index is 12.4. The first kappa shape index (κ1) is 11.6. The minimum atomic E-state index is -4.78. The molecule has 0 radical (unpaired) electrons. The Morgan fingerprint density at radius 1 is 1.35 bits per heavy atom. The van der Waals surface area contributed by atoms with E-state index in [0.717, 1.165) is 0 Å². The monoisotopic (exact) mass is 244 g/mol. The van der Waals surface area contributed by atoms with Gasteiger partial charge in [0.25, 0.3) is 5.56 Å². The summed E-state index contributed by atoms with van der Waals surface area (Å²) < 4.78 is 37.2. The van der Waals surface area contributed by atoms with Gasteiger partial charge in [-0.15, -0.1) is 0 Å². The van der Waals surface area contributed by atoms with E-state index in [1.807, 2.05) is 0 Å². The van der Waals surface area contributed by atoms with E-state index in [4.69, 9.17) is 5.11 Å². The molecule has 0 aliphatic carbocycles. The summed E-state index contributed by atoms with van der Waals surface area (Å²) in [5.74, 6) is 0. The van der Waals surface area contributed by atoms with E-state index < -0.39 is 17.4 Å². The third-order valence-corrected chi connectivity index (χ3v) is 2.21. The molecule has 1 aromatic carbocycles. The second kappa shape index (κ2) is 3.85. The predicted molar refractivity (Wildman–Crippen MR) is 53.3 cm³/mol. The van der Waals surface area contributed by atoms with Crippen LogP contribution in [0.4, 0.5) is 13.2 Å². The van der Waals surface area contributed by atoms with Gasteiger partial charge in [-0.2, -0.15) is 13.2 Å². The van der Waals surface area contributed by atoms with Crippen LogP contribution in [0.2, 0.25) is 0 Å². The van der Waals surface area contributed by atoms with Gasteiger partial charge in [-0.25, -0.2) is 4.98 Å². The van der Waals surface area contributed by atoms with Gasteiger partial charge in [0.1, 0.15) is 0 Å². The molecular weight excluding hydrogens is 237 g/mol. The molecule has 17 heavy (non-hydrogen) atoms. The van der Waals surface area contributed by atoms with Crippen LogP contribution in [0.3, 0.4) is 0 Å². The minimum absolute atomic E-state index is 0.0223. The van der Waals surface area contributed by atoms with Crippen molar-refractivity contribution in [3.63, 3.8) is 0 Å². The predicted octanol–water partition coefficient (Wildman–Crippen LogP) is 1.43. The highest BCUT2D eigenvalue weighted by molar-refractivity contribution is 5.74. The number of aromatic amines is 1. The van der Waals surface area contributed by atoms with Crippen molar-refractivity contribution >= 4 is 11.0 Å². The van der Waals surface area contributed by atoms with Gasteiger partial charge in [0, 0.05) is 0 Å². The number of halogens is 3. The van der Waals surface area contributed by atoms with Crippen LogP contribution in [0.15, 0.2) is 23.0 Å². The van der Waals surface area contributed by atoms with E-state index in [0.29, 0.717) is 5.56 Å². The number of alkyl halides is 3. The first-order valence-electron chi connectivity index (χ1n) is 4.63. The van der Waals surface area contributed by atoms with Gasteiger partial charge < -0.3 is 10.1 Å². The van der Waals surface area contributed by atoms with E-state index in [1.54, 1.807) is 0 Å². The van der Waals surface area contributed by atoms with E-state index in [9.17, 15) is 18.0 Å². The Bertz CT molecular complexity index is 619. The minimum Gasteiger partial charge on any atom is -0.392 e. The Morgan fingerprint density at radius 3 is 2.65 bits per heavy atom. The zero-order valence-electron chi connectivity index (χ0n) is 8.38. The standard InChI is InChI=1S/C10H7F3N2O2/c11-10(12,13)8-9(17)15-7-3-5(4-16)1-2-6(7)14-8/h1-3,16H,4H2,(H,15,17). The van der Waals surface area contributed by atoms with E-state index in [-0.39, 0.29) is 17.6 Å². The summed E-state index contributed by atoms with van der Waals surface area (Å²) in [6, 6.07) is 4.13. The largest absolute Gasteiger partial charge is 0.438 e. The number of H-pyrrole nitrogens is 1. The summed E-state index contributed by atoms with van der Waals surface area (Å²) >= 11 is 0. The highest BCUT2D eigenvalue weighted by Gasteiger charge is 2.36. The molecule has 0 amide bonds. The SMILES string of the molecule is O=c1[nH]c2cc(CO)ccc2nc1C(F)(F)F. The van der Waals surface area contributed by atoms with Crippen LogP contribution in [0.25, 0.3) is 11.0 Å². The summed E-state index contributed by atoms with van der Waals surface area (Å²) in [5, 5.41) is 8.86. The number of rotatable bonds is 1. The number of aromatic nitrogens is 2. The fourth-order valence-electron chi connectivity index (χ4n) is 1.42. The van der Waals surface area contributed by atoms with Gasteiger partial charge in [-0.05, 0) is 17.7 Å². The molecule has 90 valence electrons. The average molecular weight is 244 g/mol. The van der Waals surface area contributed by atoms with E-state index >= 15 is 0 Å². The molecule has 2 rings (SSSR count). The number of aliphatic hydroxyl groups is 1. The van der Waals surface area contributed by atoms with Crippen molar-refractivity contribution in [2.75, 3.05) is 0 Å². The molecule has 0 saturated carbocycles. The van der Waals surface area contributed by atoms with Crippen LogP contribution < -0.4 is 5.56 Å². The van der Waals surface area contributed by atoms with Crippen molar-refractivity contribution in [3.05, 3.63) is 39.8 Å². The second-order valence-corrected chi connectivity index (χ2v) is 3.42. The lowest BCUT2D eigenvalue weighted by atomic mass is 10.2. The molecule has 0 aliphatic heterocycles. The molecule has 7 heteroatoms. The van der Waals surface area contributed by atoms with Crippen LogP contribution in [-0.4, -0.2) is 15.1 Å². The Balaban J connectivity index is 2.71. The molecule has 4 nitrogen and oxygen atoms in total. The van der Waals surface area contributed by atoms with Crippen molar-refractivity contribution in [3.8, 4) is 0 Å². The molecular formula is C10H7F3N2O2. The lowest BCUT2D eigenvalue weighted by Gasteiger charge is -2.06. The second-order valence-electron chi connectivity index (χ2n) is 3.42. The highest BCUT2D eigenvalue weighted by atomic mass is 19.4. The van der Waals surface area contributed by atoms with Crippen LogP contribution in [0.1, 0.15) is 11.3 Å². The zero-order valence-corrected chi connectivity index (χ0v) is 8.38. The molecule has 0 unspecified atom stereocenters. The molecule has 0 atom stereocenters. The van der Waals surface area contributed by atoms with Gasteiger partial charge in [0.05, 0.1) is 17.6 Å². The summed E-state index contributed by atoms with van der Waals surface area (Å²) in [6.07, 6.45) is -4.78. The van der Waals surface area contributed by atoms with E-state index in [2.05, 4.69) is 9.97 Å². The zero-order chi connectivity index (χ0) is 12.6. The van der Waals surface area contributed by atoms with E-state index in [1.165, 1.54) is 18.2 Å². The molecule has 0 fully saturated rings. The number of nitrogens with one attached hydrogen (secondary N) is 1. The fourth-order valence-corrected chi connectivity index (χ4v) is 1.42. The molecule has 0 aliphatic rings. The van der Waals surface area contributed by atoms with Crippen LogP contribution in [0.5, 0.6) is 0 Å². The summed E-state index contributed by atoms with van der Waals surface area (Å²) in [4.78, 5) is 16.5. The van der Waals surface area contributed by atoms with Crippen molar-refractivity contribution < 1.29 is 18.3 Å². The maximum atomic E-state index is 12.4. The molecule has 2 aromatic rings. The number of benzene rings is 1. The summed E-state index contributed by atoms with van der Waals surface area (Å²) in [6.45, 7) is -0.265. The van der Waals surface area contributed by atoms with Crippen LogP contribution in [0, 0.1) is 0 Å². The average Bonchev–Trinajstić information content (AvgIpc) is 2.25.